The van der Waals surface area contributed by atoms with Gasteiger partial charge >= 0.3 is 6.18 Å². The van der Waals surface area contributed by atoms with E-state index in [-0.39, 0.29) is 13.2 Å². The number of anilines is 2. The summed E-state index contributed by atoms with van der Waals surface area (Å²) in [6, 6.07) is 4.88. The van der Waals surface area contributed by atoms with Crippen LogP contribution in [0.15, 0.2) is 18.2 Å². The summed E-state index contributed by atoms with van der Waals surface area (Å²) in [5.74, 6) is 0. The monoisotopic (exact) mass is 248 g/mol. The van der Waals surface area contributed by atoms with Gasteiger partial charge in [0.15, 0.2) is 0 Å². The van der Waals surface area contributed by atoms with Gasteiger partial charge in [-0.05, 0) is 18.6 Å². The van der Waals surface area contributed by atoms with Crippen molar-refractivity contribution in [1.82, 2.24) is 0 Å². The van der Waals surface area contributed by atoms with Gasteiger partial charge in [0.2, 0.25) is 0 Å². The lowest BCUT2D eigenvalue weighted by molar-refractivity contribution is -0.119. The van der Waals surface area contributed by atoms with E-state index in [9.17, 15) is 13.2 Å². The zero-order valence-electron chi connectivity index (χ0n) is 9.46. The molecule has 0 aromatic heterocycles. The molecule has 6 heteroatoms. The van der Waals surface area contributed by atoms with Crippen molar-refractivity contribution in [3.63, 3.8) is 0 Å². The second-order valence-electron chi connectivity index (χ2n) is 3.77. The molecule has 0 radical (unpaired) electrons. The Kier molecular flexibility index (Phi) is 4.22. The number of benzene rings is 1. The molecule has 0 heterocycles. The van der Waals surface area contributed by atoms with Crippen LogP contribution < -0.4 is 10.6 Å². The summed E-state index contributed by atoms with van der Waals surface area (Å²) in [7, 11) is 0. The van der Waals surface area contributed by atoms with Gasteiger partial charge in [-0.3, -0.25) is 0 Å². The highest BCUT2D eigenvalue weighted by Crippen LogP contribution is 2.28. The minimum atomic E-state index is -4.33. The van der Waals surface area contributed by atoms with Crippen molar-refractivity contribution in [3.8, 4) is 0 Å². The van der Waals surface area contributed by atoms with Gasteiger partial charge in [0.05, 0.1) is 18.0 Å². The summed E-state index contributed by atoms with van der Waals surface area (Å²) in [5.41, 5.74) is 7.07. The average molecular weight is 248 g/mol. The summed E-state index contributed by atoms with van der Waals surface area (Å²) in [6.45, 7) is 0.140. The maximum Gasteiger partial charge on any atom is 0.405 e. The lowest BCUT2D eigenvalue weighted by Crippen LogP contribution is -2.36. The van der Waals surface area contributed by atoms with Crippen LogP contribution in [0.4, 0.5) is 24.5 Å². The summed E-state index contributed by atoms with van der Waals surface area (Å²) in [5, 5.41) is 8.81. The molecule has 0 saturated carbocycles. The van der Waals surface area contributed by atoms with Crippen LogP contribution in [0.1, 0.15) is 5.56 Å². The Labute approximate surface area is 97.6 Å². The Balaban J connectivity index is 3.01. The predicted molar refractivity (Wildman–Crippen MR) is 60.9 cm³/mol. The highest BCUT2D eigenvalue weighted by atomic mass is 19.4. The fourth-order valence-corrected chi connectivity index (χ4v) is 1.56. The van der Waals surface area contributed by atoms with E-state index in [1.54, 1.807) is 19.1 Å². The first-order chi connectivity index (χ1) is 7.85. The van der Waals surface area contributed by atoms with E-state index >= 15 is 0 Å². The molecule has 3 N–H and O–H groups in total. The number of rotatable bonds is 4. The van der Waals surface area contributed by atoms with Gasteiger partial charge in [-0.2, -0.15) is 13.2 Å². The van der Waals surface area contributed by atoms with E-state index in [4.69, 9.17) is 10.8 Å². The van der Waals surface area contributed by atoms with E-state index < -0.39 is 12.7 Å². The number of nitrogens with zero attached hydrogens (tertiary/aromatic N) is 1. The van der Waals surface area contributed by atoms with E-state index in [1.807, 2.05) is 0 Å². The van der Waals surface area contributed by atoms with Crippen LogP contribution in [0, 0.1) is 6.92 Å². The maximum atomic E-state index is 12.4. The van der Waals surface area contributed by atoms with E-state index in [1.165, 1.54) is 6.07 Å². The summed E-state index contributed by atoms with van der Waals surface area (Å²) >= 11 is 0. The summed E-state index contributed by atoms with van der Waals surface area (Å²) in [4.78, 5) is 1.03. The second-order valence-corrected chi connectivity index (χ2v) is 3.77. The molecule has 0 amide bonds. The SMILES string of the molecule is Cc1cccc(N(CCO)CC(F)(F)F)c1N. The number of aryl methyl sites for hydroxylation is 1. The number of aliphatic hydroxyl groups excluding tert-OH is 1. The normalized spacial score (nSPS) is 11.6. The molecule has 0 aliphatic heterocycles. The molecule has 0 aliphatic rings. The quantitative estimate of drug-likeness (QED) is 0.800. The van der Waals surface area contributed by atoms with Gasteiger partial charge in [-0.15, -0.1) is 0 Å². The zero-order chi connectivity index (χ0) is 13.1. The highest BCUT2D eigenvalue weighted by molar-refractivity contribution is 5.70. The van der Waals surface area contributed by atoms with E-state index in [0.717, 1.165) is 4.90 Å². The van der Waals surface area contributed by atoms with Crippen LogP contribution >= 0.6 is 0 Å². The Bertz CT molecular complexity index is 379. The fraction of sp³-hybridized carbons (Fsp3) is 0.455. The number of halogens is 3. The highest BCUT2D eigenvalue weighted by Gasteiger charge is 2.31. The van der Waals surface area contributed by atoms with Gasteiger partial charge in [0.1, 0.15) is 6.54 Å². The molecule has 1 aromatic rings. The van der Waals surface area contributed by atoms with Crippen LogP contribution in [0.3, 0.4) is 0 Å². The van der Waals surface area contributed by atoms with Crippen LogP contribution in [0.25, 0.3) is 0 Å². The van der Waals surface area contributed by atoms with E-state index in [2.05, 4.69) is 0 Å². The van der Waals surface area contributed by atoms with Gasteiger partial charge in [-0.25, -0.2) is 0 Å². The minimum absolute atomic E-state index is 0.104. The van der Waals surface area contributed by atoms with Crippen LogP contribution in [-0.2, 0) is 0 Å². The second kappa shape index (κ2) is 5.27. The molecule has 0 unspecified atom stereocenters. The van der Waals surface area contributed by atoms with Crippen molar-refractivity contribution < 1.29 is 18.3 Å². The van der Waals surface area contributed by atoms with Crippen molar-refractivity contribution in [2.45, 2.75) is 13.1 Å². The van der Waals surface area contributed by atoms with Crippen molar-refractivity contribution in [3.05, 3.63) is 23.8 Å². The number of hydrogen-bond acceptors (Lipinski definition) is 3. The Morgan fingerprint density at radius 3 is 2.53 bits per heavy atom. The third-order valence-electron chi connectivity index (χ3n) is 2.38. The molecule has 0 saturated heterocycles. The molecule has 1 rings (SSSR count). The smallest absolute Gasteiger partial charge is 0.397 e. The van der Waals surface area contributed by atoms with Gasteiger partial charge in [-0.1, -0.05) is 12.1 Å². The van der Waals surface area contributed by atoms with Gasteiger partial charge < -0.3 is 15.7 Å². The third kappa shape index (κ3) is 3.81. The largest absolute Gasteiger partial charge is 0.405 e. The van der Waals surface area contributed by atoms with Crippen LogP contribution in [-0.4, -0.2) is 31.0 Å². The molecule has 96 valence electrons. The van der Waals surface area contributed by atoms with E-state index in [0.29, 0.717) is 16.9 Å². The third-order valence-corrected chi connectivity index (χ3v) is 2.38. The fourth-order valence-electron chi connectivity index (χ4n) is 1.56. The molecule has 0 fully saturated rings. The number of hydrogen-bond donors (Lipinski definition) is 2. The molecule has 0 aliphatic carbocycles. The molecule has 0 atom stereocenters. The van der Waals surface area contributed by atoms with Crippen molar-refractivity contribution in [2.24, 2.45) is 0 Å². The van der Waals surface area contributed by atoms with Crippen LogP contribution in [0.5, 0.6) is 0 Å². The maximum absolute atomic E-state index is 12.4. The standard InChI is InChI=1S/C11H15F3N2O/c1-8-3-2-4-9(10(8)15)16(5-6-17)7-11(12,13)14/h2-4,17H,5-7,15H2,1H3. The lowest BCUT2D eigenvalue weighted by Gasteiger charge is -2.26. The topological polar surface area (TPSA) is 49.5 Å². The number of nitrogens with two attached hydrogens (primary N) is 1. The van der Waals surface area contributed by atoms with Crippen molar-refractivity contribution in [2.75, 3.05) is 30.3 Å². The first-order valence-electron chi connectivity index (χ1n) is 5.13. The molecule has 0 spiro atoms. The molecule has 3 nitrogen and oxygen atoms in total. The predicted octanol–water partition coefficient (Wildman–Crippen LogP) is 1.94. The van der Waals surface area contributed by atoms with Crippen molar-refractivity contribution >= 4 is 11.4 Å². The first kappa shape index (κ1) is 13.6. The number of para-hydroxylation sites is 1. The first-order valence-corrected chi connectivity index (χ1v) is 5.13. The Morgan fingerprint density at radius 1 is 1.35 bits per heavy atom. The number of alkyl halides is 3. The van der Waals surface area contributed by atoms with Crippen molar-refractivity contribution in [1.29, 1.82) is 0 Å². The zero-order valence-corrected chi connectivity index (χ0v) is 9.46. The van der Waals surface area contributed by atoms with Gasteiger partial charge in [0, 0.05) is 6.54 Å². The lowest BCUT2D eigenvalue weighted by atomic mass is 10.1. The molecular formula is C11H15F3N2O. The summed E-state index contributed by atoms with van der Waals surface area (Å²) in [6.07, 6.45) is -4.33. The average Bonchev–Trinajstić information content (AvgIpc) is 2.19. The molecule has 17 heavy (non-hydrogen) atoms. The Hall–Kier alpha value is -1.43. The summed E-state index contributed by atoms with van der Waals surface area (Å²) < 4.78 is 37.1. The van der Waals surface area contributed by atoms with Crippen LogP contribution in [0.2, 0.25) is 0 Å². The molecular weight excluding hydrogens is 233 g/mol. The molecule has 0 bridgehead atoms. The van der Waals surface area contributed by atoms with Gasteiger partial charge in [0.25, 0.3) is 0 Å². The molecule has 1 aromatic carbocycles. The Morgan fingerprint density at radius 2 is 2.00 bits per heavy atom. The minimum Gasteiger partial charge on any atom is -0.397 e. The number of aliphatic hydroxyl groups is 1. The number of nitrogen functional groups attached to an aromatic ring is 1.